The number of benzene rings is 3. The molecule has 0 fully saturated rings. The summed E-state index contributed by atoms with van der Waals surface area (Å²) in [7, 11) is 0. The average Bonchev–Trinajstić information content (AvgIpc) is 3.40. The fraction of sp³-hybridized carbons (Fsp3) is 0.276. The lowest BCUT2D eigenvalue weighted by molar-refractivity contribution is -0.123. The Kier molecular flexibility index (Phi) is 10.4. The Hall–Kier alpha value is -3.47. The summed E-state index contributed by atoms with van der Waals surface area (Å²) in [4.78, 5) is 25.8. The second-order valence-corrected chi connectivity index (χ2v) is 11.0. The minimum Gasteiger partial charge on any atom is -0.490 e. The van der Waals surface area contributed by atoms with Crippen molar-refractivity contribution in [1.29, 1.82) is 0 Å². The van der Waals surface area contributed by atoms with E-state index in [1.54, 1.807) is 48.5 Å². The monoisotopic (exact) mass is 663 g/mol. The van der Waals surface area contributed by atoms with Gasteiger partial charge in [-0.1, -0.05) is 43.1 Å². The molecule has 2 N–H and O–H groups in total. The predicted molar refractivity (Wildman–Crippen MR) is 160 cm³/mol. The first-order valence-corrected chi connectivity index (χ1v) is 14.3. The van der Waals surface area contributed by atoms with Crippen LogP contribution in [-0.4, -0.2) is 37.5 Å². The van der Waals surface area contributed by atoms with E-state index in [0.29, 0.717) is 55.2 Å². The molecule has 2 amide bonds. The molecule has 0 radical (unpaired) electrons. The smallest absolute Gasteiger partial charge is 0.262 e. The zero-order valence-electron chi connectivity index (χ0n) is 22.5. The van der Waals surface area contributed by atoms with Crippen LogP contribution in [0.3, 0.4) is 0 Å². The van der Waals surface area contributed by atoms with Gasteiger partial charge in [0.2, 0.25) is 6.79 Å². The summed E-state index contributed by atoms with van der Waals surface area (Å²) in [6.45, 7) is 6.23. The van der Waals surface area contributed by atoms with E-state index >= 15 is 0 Å². The Bertz CT molecular complexity index is 1470. The summed E-state index contributed by atoms with van der Waals surface area (Å²) in [5, 5.41) is 7.90. The number of rotatable bonds is 11. The summed E-state index contributed by atoms with van der Waals surface area (Å²) >= 11 is 15.8. The summed E-state index contributed by atoms with van der Waals surface area (Å²) in [5.41, 5.74) is 4.27. The van der Waals surface area contributed by atoms with Gasteiger partial charge in [-0.2, -0.15) is 5.10 Å². The largest absolute Gasteiger partial charge is 0.490 e. The number of nitrogens with one attached hydrogen (secondary N) is 2. The van der Waals surface area contributed by atoms with Crippen LogP contribution in [0.5, 0.6) is 23.0 Å². The van der Waals surface area contributed by atoms with Gasteiger partial charge in [0.1, 0.15) is 12.6 Å². The molecule has 1 atom stereocenters. The molecule has 1 heterocycles. The van der Waals surface area contributed by atoms with Gasteiger partial charge in [-0.25, -0.2) is 5.43 Å². The number of carbonyl (C=O) groups excluding carboxylic acids is 2. The number of ether oxygens (including phenoxy) is 4. The van der Waals surface area contributed by atoms with E-state index in [9.17, 15) is 9.59 Å². The molecule has 9 nitrogen and oxygen atoms in total. The van der Waals surface area contributed by atoms with Crippen molar-refractivity contribution >= 4 is 57.2 Å². The highest BCUT2D eigenvalue weighted by molar-refractivity contribution is 9.10. The highest BCUT2D eigenvalue weighted by atomic mass is 79.9. The highest BCUT2D eigenvalue weighted by Crippen LogP contribution is 2.38. The first-order valence-electron chi connectivity index (χ1n) is 12.7. The van der Waals surface area contributed by atoms with Gasteiger partial charge in [0.15, 0.2) is 23.0 Å². The third-order valence-electron chi connectivity index (χ3n) is 5.98. The third kappa shape index (κ3) is 7.84. The van der Waals surface area contributed by atoms with Gasteiger partial charge in [0.05, 0.1) is 17.3 Å². The maximum atomic E-state index is 12.9. The van der Waals surface area contributed by atoms with Gasteiger partial charge >= 0.3 is 0 Å². The van der Waals surface area contributed by atoms with Gasteiger partial charge in [0, 0.05) is 21.2 Å². The molecule has 0 bridgehead atoms. The van der Waals surface area contributed by atoms with Gasteiger partial charge in [-0.05, 0) is 76.8 Å². The molecule has 0 saturated heterocycles. The molecule has 1 aliphatic rings. The zero-order chi connectivity index (χ0) is 29.5. The van der Waals surface area contributed by atoms with Gasteiger partial charge in [-0.15, -0.1) is 0 Å². The molecular formula is C29H28BrCl2N3O6. The molecule has 0 aliphatic carbocycles. The van der Waals surface area contributed by atoms with E-state index in [1.807, 2.05) is 20.8 Å². The summed E-state index contributed by atoms with van der Waals surface area (Å²) in [6, 6.07) is 12.7. The van der Waals surface area contributed by atoms with E-state index < -0.39 is 17.9 Å². The Labute approximate surface area is 256 Å². The van der Waals surface area contributed by atoms with Crippen molar-refractivity contribution in [3.05, 3.63) is 79.7 Å². The van der Waals surface area contributed by atoms with Gasteiger partial charge in [-0.3, -0.25) is 9.59 Å². The van der Waals surface area contributed by atoms with Crippen molar-refractivity contribution in [1.82, 2.24) is 10.7 Å². The van der Waals surface area contributed by atoms with Crippen LogP contribution in [0, 0.1) is 5.92 Å². The molecule has 3 aromatic carbocycles. The van der Waals surface area contributed by atoms with E-state index in [2.05, 4.69) is 31.8 Å². The second kappa shape index (κ2) is 13.9. The van der Waals surface area contributed by atoms with Gasteiger partial charge < -0.3 is 24.3 Å². The SMILES string of the molecule is CCOc1cc(C=NNC(=O)C(NC(=O)c2ccc3c(c2)OCO3)C(C)C)cc(Br)c1OCc1ccc(Cl)cc1Cl. The van der Waals surface area contributed by atoms with Crippen molar-refractivity contribution in [2.24, 2.45) is 11.0 Å². The van der Waals surface area contributed by atoms with Crippen molar-refractivity contribution in [2.45, 2.75) is 33.4 Å². The number of fused-ring (bicyclic) bond motifs is 1. The topological polar surface area (TPSA) is 107 Å². The van der Waals surface area contributed by atoms with E-state index in [4.69, 9.17) is 42.1 Å². The summed E-state index contributed by atoms with van der Waals surface area (Å²) < 4.78 is 23.0. The number of halogens is 3. The summed E-state index contributed by atoms with van der Waals surface area (Å²) in [6.07, 6.45) is 1.47. The standard InChI is InChI=1S/C29H28BrCl2N3O6/c1-4-38-25-10-17(9-21(30)27(25)39-14-19-5-7-20(31)12-22(19)32)13-33-35-29(37)26(16(2)3)34-28(36)18-6-8-23-24(11-18)41-15-40-23/h5-13,16,26H,4,14-15H2,1-3H3,(H,34,36)(H,35,37). The number of carbonyl (C=O) groups is 2. The highest BCUT2D eigenvalue weighted by Gasteiger charge is 2.25. The van der Waals surface area contributed by atoms with Crippen LogP contribution in [0.15, 0.2) is 58.1 Å². The first-order chi connectivity index (χ1) is 19.7. The molecule has 0 spiro atoms. The quantitative estimate of drug-likeness (QED) is 0.182. The Morgan fingerprint density at radius 2 is 1.85 bits per heavy atom. The molecule has 0 saturated carbocycles. The lowest BCUT2D eigenvalue weighted by atomic mass is 10.0. The predicted octanol–water partition coefficient (Wildman–Crippen LogP) is 6.37. The van der Waals surface area contributed by atoms with Crippen molar-refractivity contribution in [2.75, 3.05) is 13.4 Å². The second-order valence-electron chi connectivity index (χ2n) is 9.28. The van der Waals surface area contributed by atoms with Crippen LogP contribution >= 0.6 is 39.1 Å². The maximum Gasteiger partial charge on any atom is 0.262 e. The fourth-order valence-corrected chi connectivity index (χ4v) is 4.93. The molecule has 1 unspecified atom stereocenters. The number of hydrogen-bond acceptors (Lipinski definition) is 7. The normalized spacial score (nSPS) is 12.9. The van der Waals surface area contributed by atoms with Crippen LogP contribution in [0.4, 0.5) is 0 Å². The molecule has 4 rings (SSSR count). The van der Waals surface area contributed by atoms with Gasteiger partial charge in [0.25, 0.3) is 11.8 Å². The van der Waals surface area contributed by atoms with Crippen LogP contribution in [-0.2, 0) is 11.4 Å². The third-order valence-corrected chi connectivity index (χ3v) is 7.15. The lowest BCUT2D eigenvalue weighted by Crippen LogP contribution is -2.48. The van der Waals surface area contributed by atoms with Crippen LogP contribution in [0.1, 0.15) is 42.3 Å². The van der Waals surface area contributed by atoms with Crippen molar-refractivity contribution < 1.29 is 28.5 Å². The fourth-order valence-electron chi connectivity index (χ4n) is 3.89. The number of nitrogens with zero attached hydrogens (tertiary/aromatic N) is 1. The first kappa shape index (κ1) is 30.5. The van der Waals surface area contributed by atoms with Crippen LogP contribution in [0.25, 0.3) is 0 Å². The molecule has 216 valence electrons. The van der Waals surface area contributed by atoms with E-state index in [0.717, 1.165) is 5.56 Å². The molecule has 12 heteroatoms. The van der Waals surface area contributed by atoms with Crippen molar-refractivity contribution in [3.8, 4) is 23.0 Å². The molecule has 41 heavy (non-hydrogen) atoms. The maximum absolute atomic E-state index is 12.9. The van der Waals surface area contributed by atoms with Crippen LogP contribution < -0.4 is 29.7 Å². The number of hydrazone groups is 1. The number of amides is 2. The Morgan fingerprint density at radius 1 is 1.07 bits per heavy atom. The van der Waals surface area contributed by atoms with Crippen LogP contribution in [0.2, 0.25) is 10.0 Å². The summed E-state index contributed by atoms with van der Waals surface area (Å²) in [5.74, 6) is 0.943. The average molecular weight is 665 g/mol. The molecular weight excluding hydrogens is 637 g/mol. The Balaban J connectivity index is 1.42. The van der Waals surface area contributed by atoms with E-state index in [-0.39, 0.29) is 19.3 Å². The van der Waals surface area contributed by atoms with Crippen molar-refractivity contribution in [3.63, 3.8) is 0 Å². The zero-order valence-corrected chi connectivity index (χ0v) is 25.6. The molecule has 1 aliphatic heterocycles. The van der Waals surface area contributed by atoms with E-state index in [1.165, 1.54) is 6.21 Å². The lowest BCUT2D eigenvalue weighted by Gasteiger charge is -2.20. The Morgan fingerprint density at radius 3 is 2.59 bits per heavy atom. The molecule has 3 aromatic rings. The number of hydrogen-bond donors (Lipinski definition) is 2. The molecule has 0 aromatic heterocycles. The minimum absolute atomic E-state index is 0.103. The minimum atomic E-state index is -0.828.